The van der Waals surface area contributed by atoms with Crippen molar-refractivity contribution in [3.63, 3.8) is 0 Å². The Hall–Kier alpha value is -0.330. The van der Waals surface area contributed by atoms with Crippen LogP contribution in [-0.2, 0) is 4.79 Å². The molecule has 88 valence electrons. The highest BCUT2D eigenvalue weighted by atomic mass is 16.1. The first-order valence-electron chi connectivity index (χ1n) is 7.32. The van der Waals surface area contributed by atoms with Crippen molar-refractivity contribution in [2.45, 2.75) is 57.8 Å². The van der Waals surface area contributed by atoms with Gasteiger partial charge in [0.15, 0.2) is 0 Å². The first-order chi connectivity index (χ1) is 7.79. The molecule has 0 heterocycles. The maximum atomic E-state index is 12.5. The molecule has 5 aliphatic rings. The van der Waals surface area contributed by atoms with Crippen LogP contribution in [0.15, 0.2) is 0 Å². The molecule has 0 aliphatic heterocycles. The molecular formula is C15H22O. The molecular weight excluding hydrogens is 196 g/mol. The highest BCUT2D eigenvalue weighted by Gasteiger charge is 2.60. The summed E-state index contributed by atoms with van der Waals surface area (Å²) in [5.74, 6) is 4.28. The zero-order valence-corrected chi connectivity index (χ0v) is 10.1. The third kappa shape index (κ3) is 1.05. The Labute approximate surface area is 98.0 Å². The van der Waals surface area contributed by atoms with E-state index in [4.69, 9.17) is 0 Å². The van der Waals surface area contributed by atoms with Gasteiger partial charge in [0.05, 0.1) is 0 Å². The van der Waals surface area contributed by atoms with Crippen LogP contribution in [0.4, 0.5) is 0 Å². The molecule has 4 bridgehead atoms. The van der Waals surface area contributed by atoms with Gasteiger partial charge < -0.3 is 0 Å². The topological polar surface area (TPSA) is 17.1 Å². The summed E-state index contributed by atoms with van der Waals surface area (Å²) in [6, 6.07) is 0. The average molecular weight is 218 g/mol. The van der Waals surface area contributed by atoms with Gasteiger partial charge in [-0.3, -0.25) is 4.79 Å². The number of hydrogen-bond acceptors (Lipinski definition) is 1. The summed E-state index contributed by atoms with van der Waals surface area (Å²) in [4.78, 5) is 12.5. The van der Waals surface area contributed by atoms with Crippen LogP contribution in [0.3, 0.4) is 0 Å². The summed E-state index contributed by atoms with van der Waals surface area (Å²) in [6.07, 6.45) is 11.8. The van der Waals surface area contributed by atoms with Crippen molar-refractivity contribution in [3.05, 3.63) is 0 Å². The van der Waals surface area contributed by atoms with Crippen molar-refractivity contribution in [1.29, 1.82) is 0 Å². The van der Waals surface area contributed by atoms with Crippen LogP contribution >= 0.6 is 0 Å². The number of Topliss-reactive ketones (excluding diaryl/α,β-unsaturated/α-hetero) is 1. The number of ketones is 1. The maximum absolute atomic E-state index is 12.5. The van der Waals surface area contributed by atoms with Gasteiger partial charge in [0.1, 0.15) is 5.78 Å². The first kappa shape index (κ1) is 9.67. The Balaban J connectivity index is 1.75. The van der Waals surface area contributed by atoms with Crippen molar-refractivity contribution < 1.29 is 4.79 Å². The third-order valence-electron chi connectivity index (χ3n) is 6.36. The first-order valence-corrected chi connectivity index (χ1v) is 7.32. The molecule has 0 N–H and O–H groups in total. The summed E-state index contributed by atoms with van der Waals surface area (Å²) in [7, 11) is 0. The Morgan fingerprint density at radius 3 is 2.06 bits per heavy atom. The molecule has 5 rings (SSSR count). The van der Waals surface area contributed by atoms with Crippen LogP contribution in [0.1, 0.15) is 57.8 Å². The van der Waals surface area contributed by atoms with Crippen LogP contribution < -0.4 is 0 Å². The van der Waals surface area contributed by atoms with E-state index in [9.17, 15) is 4.79 Å². The van der Waals surface area contributed by atoms with Crippen molar-refractivity contribution in [1.82, 2.24) is 0 Å². The van der Waals surface area contributed by atoms with Gasteiger partial charge >= 0.3 is 0 Å². The summed E-state index contributed by atoms with van der Waals surface area (Å²) >= 11 is 0. The van der Waals surface area contributed by atoms with Gasteiger partial charge in [-0.15, -0.1) is 0 Å². The summed E-state index contributed by atoms with van der Waals surface area (Å²) in [5.41, 5.74) is 0.200. The number of rotatable bonds is 0. The third-order valence-corrected chi connectivity index (χ3v) is 6.36. The molecule has 0 aromatic carbocycles. The molecule has 0 atom stereocenters. The lowest BCUT2D eigenvalue weighted by molar-refractivity contribution is -0.162. The Morgan fingerprint density at radius 2 is 1.50 bits per heavy atom. The molecule has 1 spiro atoms. The Kier molecular flexibility index (Phi) is 1.88. The molecule has 0 aromatic heterocycles. The molecule has 0 saturated heterocycles. The molecule has 5 saturated carbocycles. The molecule has 0 radical (unpaired) electrons. The van der Waals surface area contributed by atoms with E-state index in [1.807, 2.05) is 0 Å². The highest BCUT2D eigenvalue weighted by Crippen LogP contribution is 2.65. The standard InChI is InChI=1S/C15H22O/c16-14-3-1-2-4-15(14)12-6-10-5-11(8-12)9-13(15)7-10/h10-13H,1-9H2. The smallest absolute Gasteiger partial charge is 0.139 e. The lowest BCUT2D eigenvalue weighted by atomic mass is 9.42. The average Bonchev–Trinajstić information content (AvgIpc) is 2.27. The van der Waals surface area contributed by atoms with Gasteiger partial charge in [-0.2, -0.15) is 0 Å². The largest absolute Gasteiger partial charge is 0.299 e. The van der Waals surface area contributed by atoms with E-state index in [0.717, 1.165) is 30.1 Å². The van der Waals surface area contributed by atoms with Gasteiger partial charge in [-0.25, -0.2) is 0 Å². The molecule has 5 fully saturated rings. The highest BCUT2D eigenvalue weighted by molar-refractivity contribution is 5.86. The summed E-state index contributed by atoms with van der Waals surface area (Å²) in [5, 5.41) is 0. The fourth-order valence-corrected chi connectivity index (χ4v) is 5.96. The lowest BCUT2D eigenvalue weighted by Gasteiger charge is -2.61. The van der Waals surface area contributed by atoms with Gasteiger partial charge in [-0.05, 0) is 68.6 Å². The normalized spacial score (nSPS) is 54.9. The van der Waals surface area contributed by atoms with Crippen LogP contribution in [0, 0.1) is 29.1 Å². The van der Waals surface area contributed by atoms with Crippen molar-refractivity contribution >= 4 is 5.78 Å². The Morgan fingerprint density at radius 1 is 0.875 bits per heavy atom. The van der Waals surface area contributed by atoms with Gasteiger partial charge in [0.25, 0.3) is 0 Å². The van der Waals surface area contributed by atoms with E-state index < -0.39 is 0 Å². The zero-order valence-electron chi connectivity index (χ0n) is 10.1. The minimum absolute atomic E-state index is 0.200. The van der Waals surface area contributed by atoms with E-state index >= 15 is 0 Å². The van der Waals surface area contributed by atoms with E-state index in [2.05, 4.69) is 0 Å². The predicted molar refractivity (Wildman–Crippen MR) is 63.0 cm³/mol. The van der Waals surface area contributed by atoms with E-state index in [1.165, 1.54) is 51.4 Å². The van der Waals surface area contributed by atoms with E-state index in [1.54, 1.807) is 0 Å². The maximum Gasteiger partial charge on any atom is 0.139 e. The zero-order chi connectivity index (χ0) is 10.8. The number of hydrogen-bond donors (Lipinski definition) is 0. The monoisotopic (exact) mass is 218 g/mol. The van der Waals surface area contributed by atoms with Crippen LogP contribution in [0.25, 0.3) is 0 Å². The lowest BCUT2D eigenvalue weighted by Crippen LogP contribution is -2.57. The quantitative estimate of drug-likeness (QED) is 0.607. The van der Waals surface area contributed by atoms with E-state index in [-0.39, 0.29) is 5.41 Å². The predicted octanol–water partition coefficient (Wildman–Crippen LogP) is 3.57. The second-order valence-corrected chi connectivity index (χ2v) is 6.98. The van der Waals surface area contributed by atoms with Crippen LogP contribution in [0.2, 0.25) is 0 Å². The molecule has 1 heteroatoms. The van der Waals surface area contributed by atoms with Gasteiger partial charge in [-0.1, -0.05) is 6.42 Å². The molecule has 0 amide bonds. The number of carbonyl (C=O) groups excluding carboxylic acids is 1. The van der Waals surface area contributed by atoms with Crippen molar-refractivity contribution in [2.24, 2.45) is 29.1 Å². The summed E-state index contributed by atoms with van der Waals surface area (Å²) in [6.45, 7) is 0. The molecule has 0 unspecified atom stereocenters. The SMILES string of the molecule is O=C1CCCCC12C1CC3CC(C1)CC2C3. The second-order valence-electron chi connectivity index (χ2n) is 6.98. The van der Waals surface area contributed by atoms with Crippen molar-refractivity contribution in [2.75, 3.05) is 0 Å². The molecule has 0 aromatic rings. The number of carbonyl (C=O) groups is 1. The molecule has 1 nitrogen and oxygen atoms in total. The summed E-state index contributed by atoms with van der Waals surface area (Å²) < 4.78 is 0. The van der Waals surface area contributed by atoms with Gasteiger partial charge in [0, 0.05) is 11.8 Å². The fourth-order valence-electron chi connectivity index (χ4n) is 5.96. The van der Waals surface area contributed by atoms with E-state index in [0.29, 0.717) is 5.78 Å². The fraction of sp³-hybridized carbons (Fsp3) is 0.933. The molecule has 16 heavy (non-hydrogen) atoms. The van der Waals surface area contributed by atoms with Gasteiger partial charge in [0.2, 0.25) is 0 Å². The minimum atomic E-state index is 0.200. The Bertz CT molecular complexity index is 302. The van der Waals surface area contributed by atoms with Crippen LogP contribution in [0.5, 0.6) is 0 Å². The second kappa shape index (κ2) is 3.11. The van der Waals surface area contributed by atoms with Crippen LogP contribution in [-0.4, -0.2) is 5.78 Å². The molecule has 5 aliphatic carbocycles. The minimum Gasteiger partial charge on any atom is -0.299 e. The van der Waals surface area contributed by atoms with Crippen molar-refractivity contribution in [3.8, 4) is 0 Å².